The fourth-order valence-corrected chi connectivity index (χ4v) is 2.34. The molecule has 0 aliphatic rings. The number of amides is 1. The first kappa shape index (κ1) is 13.8. The van der Waals surface area contributed by atoms with Gasteiger partial charge in [-0.15, -0.1) is 0 Å². The van der Waals surface area contributed by atoms with Gasteiger partial charge in [-0.3, -0.25) is 10.1 Å². The van der Waals surface area contributed by atoms with Gasteiger partial charge in [0.15, 0.2) is 10.7 Å². The van der Waals surface area contributed by atoms with Gasteiger partial charge in [-0.1, -0.05) is 41.7 Å². The summed E-state index contributed by atoms with van der Waals surface area (Å²) in [7, 11) is 0. The zero-order valence-corrected chi connectivity index (χ0v) is 11.4. The van der Waals surface area contributed by atoms with E-state index in [4.69, 9.17) is 5.26 Å². The van der Waals surface area contributed by atoms with Crippen molar-refractivity contribution in [1.82, 2.24) is 4.98 Å². The summed E-state index contributed by atoms with van der Waals surface area (Å²) in [5, 5.41) is 20.9. The van der Waals surface area contributed by atoms with Crippen molar-refractivity contribution in [3.05, 3.63) is 47.9 Å². The predicted octanol–water partition coefficient (Wildman–Crippen LogP) is 3.10. The van der Waals surface area contributed by atoms with Gasteiger partial charge in [0, 0.05) is 6.20 Å². The number of nitrogens with one attached hydrogen (secondary N) is 1. The number of aliphatic hydroxyl groups is 1. The van der Waals surface area contributed by atoms with Crippen molar-refractivity contribution in [3.63, 3.8) is 0 Å². The zero-order valence-electron chi connectivity index (χ0n) is 10.6. The molecular formula is C14H11N3O2S. The molecule has 5 nitrogen and oxygen atoms in total. The number of thiazole rings is 1. The lowest BCUT2D eigenvalue weighted by molar-refractivity contribution is -0.112. The Labute approximate surface area is 119 Å². The molecule has 1 amide bonds. The number of carbonyl (C=O) groups is 1. The van der Waals surface area contributed by atoms with Crippen molar-refractivity contribution >= 4 is 22.4 Å². The van der Waals surface area contributed by atoms with E-state index in [0.29, 0.717) is 5.13 Å². The van der Waals surface area contributed by atoms with Gasteiger partial charge < -0.3 is 5.11 Å². The summed E-state index contributed by atoms with van der Waals surface area (Å²) in [6.07, 6.45) is 1.65. The molecule has 100 valence electrons. The van der Waals surface area contributed by atoms with Crippen LogP contribution in [0.4, 0.5) is 5.13 Å². The second-order valence-electron chi connectivity index (χ2n) is 3.92. The summed E-state index contributed by atoms with van der Waals surface area (Å²) >= 11 is 1.30. The van der Waals surface area contributed by atoms with Crippen molar-refractivity contribution < 1.29 is 9.90 Å². The summed E-state index contributed by atoms with van der Waals surface area (Å²) in [5.74, 6) is -0.980. The van der Waals surface area contributed by atoms with Crippen LogP contribution in [0.1, 0.15) is 6.92 Å². The minimum Gasteiger partial charge on any atom is -0.511 e. The van der Waals surface area contributed by atoms with Crippen LogP contribution in [0.15, 0.2) is 47.9 Å². The Morgan fingerprint density at radius 2 is 2.10 bits per heavy atom. The number of allylic oxidation sites excluding steroid dienone is 1. The summed E-state index contributed by atoms with van der Waals surface area (Å²) in [5.41, 5.74) is 0.682. The van der Waals surface area contributed by atoms with Gasteiger partial charge in [0.2, 0.25) is 0 Å². The smallest absolute Gasteiger partial charge is 0.271 e. The molecule has 0 aliphatic heterocycles. The van der Waals surface area contributed by atoms with Gasteiger partial charge in [-0.25, -0.2) is 4.98 Å². The fourth-order valence-electron chi connectivity index (χ4n) is 1.52. The van der Waals surface area contributed by atoms with Gasteiger partial charge in [0.05, 0.1) is 4.88 Å². The zero-order chi connectivity index (χ0) is 14.5. The third-order valence-corrected chi connectivity index (χ3v) is 3.45. The quantitative estimate of drug-likeness (QED) is 0.515. The van der Waals surface area contributed by atoms with Crippen molar-refractivity contribution in [2.24, 2.45) is 0 Å². The fraction of sp³-hybridized carbons (Fsp3) is 0.0714. The number of nitrogens with zero attached hydrogens (tertiary/aromatic N) is 2. The van der Waals surface area contributed by atoms with Crippen LogP contribution in [0.3, 0.4) is 0 Å². The normalized spacial score (nSPS) is 11.4. The van der Waals surface area contributed by atoms with E-state index >= 15 is 0 Å². The first-order chi connectivity index (χ1) is 9.61. The second-order valence-corrected chi connectivity index (χ2v) is 4.95. The summed E-state index contributed by atoms with van der Waals surface area (Å²) < 4.78 is 0. The molecule has 0 spiro atoms. The molecule has 2 aromatic rings. The Morgan fingerprint density at radius 1 is 1.40 bits per heavy atom. The SMILES string of the molecule is CC(O)=C(C#N)C(=O)Nc1ncc(-c2ccccc2)s1. The maximum Gasteiger partial charge on any atom is 0.271 e. The highest BCUT2D eigenvalue weighted by Crippen LogP contribution is 2.28. The van der Waals surface area contributed by atoms with Crippen molar-refractivity contribution in [2.45, 2.75) is 6.92 Å². The number of aliphatic hydroxyl groups excluding tert-OH is 1. The Bertz CT molecular complexity index is 695. The molecule has 2 rings (SSSR count). The van der Waals surface area contributed by atoms with E-state index in [0.717, 1.165) is 10.4 Å². The molecule has 0 unspecified atom stereocenters. The number of hydrogen-bond donors (Lipinski definition) is 2. The average molecular weight is 285 g/mol. The lowest BCUT2D eigenvalue weighted by Crippen LogP contribution is -2.14. The van der Waals surface area contributed by atoms with Gasteiger partial charge in [-0.2, -0.15) is 5.26 Å². The maximum absolute atomic E-state index is 11.7. The van der Waals surface area contributed by atoms with Crippen LogP contribution in [-0.2, 0) is 4.79 Å². The number of anilines is 1. The molecular weight excluding hydrogens is 274 g/mol. The molecule has 0 radical (unpaired) electrons. The van der Waals surface area contributed by atoms with E-state index in [2.05, 4.69) is 10.3 Å². The third kappa shape index (κ3) is 3.02. The lowest BCUT2D eigenvalue weighted by Gasteiger charge is -2.00. The van der Waals surface area contributed by atoms with E-state index < -0.39 is 5.91 Å². The highest BCUT2D eigenvalue weighted by molar-refractivity contribution is 7.19. The van der Waals surface area contributed by atoms with Gasteiger partial charge >= 0.3 is 0 Å². The second kappa shape index (κ2) is 5.99. The molecule has 0 atom stereocenters. The predicted molar refractivity (Wildman–Crippen MR) is 77.1 cm³/mol. The van der Waals surface area contributed by atoms with E-state index in [1.165, 1.54) is 18.3 Å². The Hall–Kier alpha value is -2.65. The minimum absolute atomic E-state index is 0.315. The monoisotopic (exact) mass is 285 g/mol. The topological polar surface area (TPSA) is 86.0 Å². The van der Waals surface area contributed by atoms with Crippen LogP contribution in [0.2, 0.25) is 0 Å². The average Bonchev–Trinajstić information content (AvgIpc) is 2.88. The van der Waals surface area contributed by atoms with Gasteiger partial charge in [-0.05, 0) is 12.5 Å². The summed E-state index contributed by atoms with van der Waals surface area (Å²) in [4.78, 5) is 16.7. The van der Waals surface area contributed by atoms with Crippen LogP contribution < -0.4 is 5.32 Å². The van der Waals surface area contributed by atoms with Crippen LogP contribution in [0.5, 0.6) is 0 Å². The van der Waals surface area contributed by atoms with E-state index in [1.807, 2.05) is 30.3 Å². The number of aromatic nitrogens is 1. The Balaban J connectivity index is 2.18. The van der Waals surface area contributed by atoms with Gasteiger partial charge in [0.25, 0.3) is 5.91 Å². The molecule has 0 aliphatic carbocycles. The molecule has 1 aromatic heterocycles. The highest BCUT2D eigenvalue weighted by atomic mass is 32.1. The molecule has 0 saturated heterocycles. The highest BCUT2D eigenvalue weighted by Gasteiger charge is 2.14. The van der Waals surface area contributed by atoms with Crippen LogP contribution in [0, 0.1) is 11.3 Å². The number of nitriles is 1. The molecule has 1 aromatic carbocycles. The maximum atomic E-state index is 11.7. The molecule has 0 bridgehead atoms. The Morgan fingerprint density at radius 3 is 2.70 bits per heavy atom. The van der Waals surface area contributed by atoms with Crippen LogP contribution in [0.25, 0.3) is 10.4 Å². The molecule has 1 heterocycles. The van der Waals surface area contributed by atoms with Gasteiger partial charge in [0.1, 0.15) is 11.8 Å². The molecule has 6 heteroatoms. The number of hydrogen-bond acceptors (Lipinski definition) is 5. The van der Waals surface area contributed by atoms with Crippen LogP contribution >= 0.6 is 11.3 Å². The van der Waals surface area contributed by atoms with E-state index in [-0.39, 0.29) is 11.3 Å². The summed E-state index contributed by atoms with van der Waals surface area (Å²) in [6.45, 7) is 1.29. The van der Waals surface area contributed by atoms with Crippen molar-refractivity contribution in [2.75, 3.05) is 5.32 Å². The Kier molecular flexibility index (Phi) is 4.13. The number of benzene rings is 1. The minimum atomic E-state index is -0.665. The largest absolute Gasteiger partial charge is 0.511 e. The first-order valence-electron chi connectivity index (χ1n) is 5.74. The van der Waals surface area contributed by atoms with Crippen molar-refractivity contribution in [3.8, 4) is 16.5 Å². The number of rotatable bonds is 3. The third-order valence-electron chi connectivity index (χ3n) is 2.49. The van der Waals surface area contributed by atoms with Crippen LogP contribution in [-0.4, -0.2) is 16.0 Å². The molecule has 0 fully saturated rings. The van der Waals surface area contributed by atoms with E-state index in [1.54, 1.807) is 12.3 Å². The molecule has 0 saturated carbocycles. The van der Waals surface area contributed by atoms with Crippen molar-refractivity contribution in [1.29, 1.82) is 5.26 Å². The molecule has 20 heavy (non-hydrogen) atoms. The van der Waals surface area contributed by atoms with E-state index in [9.17, 15) is 9.90 Å². The first-order valence-corrected chi connectivity index (χ1v) is 6.56. The number of carbonyl (C=O) groups excluding carboxylic acids is 1. The lowest BCUT2D eigenvalue weighted by atomic mass is 10.2. The summed E-state index contributed by atoms with van der Waals surface area (Å²) in [6, 6.07) is 11.3. The molecule has 2 N–H and O–H groups in total. The standard InChI is InChI=1S/C14H11N3O2S/c1-9(18)11(7-15)13(19)17-14-16-8-12(20-14)10-5-3-2-4-6-10/h2-6,8,18H,1H3,(H,16,17,19).